The van der Waals surface area contributed by atoms with Crippen molar-refractivity contribution in [1.82, 2.24) is 14.3 Å². The maximum atomic E-state index is 12.1. The molecule has 0 aliphatic heterocycles. The van der Waals surface area contributed by atoms with Crippen LogP contribution in [0.1, 0.15) is 10.4 Å². The second-order valence-corrected chi connectivity index (χ2v) is 10.5. The maximum absolute atomic E-state index is 12.1. The summed E-state index contributed by atoms with van der Waals surface area (Å²) in [4.78, 5) is 11.3. The minimum absolute atomic E-state index is 0.251. The molecule has 6 nitrogen and oxygen atoms in total. The molecule has 0 saturated heterocycles. The van der Waals surface area contributed by atoms with Crippen LogP contribution in [0.2, 0.25) is 0 Å². The second-order valence-electron chi connectivity index (χ2n) is 6.10. The highest BCUT2D eigenvalue weighted by Crippen LogP contribution is 2.34. The lowest BCUT2D eigenvalue weighted by Gasteiger charge is -2.12. The minimum atomic E-state index is -3.42. The fraction of sp³-hybridized carbons (Fsp3) is 0.333. The van der Waals surface area contributed by atoms with E-state index in [1.54, 1.807) is 53.7 Å². The highest BCUT2D eigenvalue weighted by molar-refractivity contribution is 7.99. The highest BCUT2D eigenvalue weighted by Gasteiger charge is 2.16. The van der Waals surface area contributed by atoms with Crippen LogP contribution in [-0.4, -0.2) is 49.1 Å². The van der Waals surface area contributed by atoms with Crippen LogP contribution in [0, 0.1) is 13.8 Å². The van der Waals surface area contributed by atoms with Crippen LogP contribution in [0.5, 0.6) is 5.75 Å². The molecule has 27 heavy (non-hydrogen) atoms. The molecule has 0 atom stereocenters. The summed E-state index contributed by atoms with van der Waals surface area (Å²) in [5.74, 6) is 1.38. The first-order valence-corrected chi connectivity index (χ1v) is 11.5. The van der Waals surface area contributed by atoms with Gasteiger partial charge in [-0.2, -0.15) is 0 Å². The van der Waals surface area contributed by atoms with E-state index in [1.165, 1.54) is 28.8 Å². The number of ether oxygens (including phenoxy) is 1. The Labute approximate surface area is 167 Å². The van der Waals surface area contributed by atoms with Crippen molar-refractivity contribution in [2.45, 2.75) is 23.8 Å². The van der Waals surface area contributed by atoms with Gasteiger partial charge in [0.1, 0.15) is 21.9 Å². The summed E-state index contributed by atoms with van der Waals surface area (Å²) in [6.45, 7) is 4.69. The summed E-state index contributed by atoms with van der Waals surface area (Å²) < 4.78 is 31.1. The Balaban J connectivity index is 1.60. The van der Waals surface area contributed by atoms with E-state index in [0.29, 0.717) is 12.4 Å². The van der Waals surface area contributed by atoms with Crippen molar-refractivity contribution in [3.8, 4) is 5.75 Å². The van der Waals surface area contributed by atoms with Gasteiger partial charge in [0, 0.05) is 30.1 Å². The lowest BCUT2D eigenvalue weighted by Crippen LogP contribution is -2.22. The fourth-order valence-corrected chi connectivity index (χ4v) is 5.31. The molecule has 0 N–H and O–H groups in total. The van der Waals surface area contributed by atoms with Crippen LogP contribution < -0.4 is 4.74 Å². The predicted octanol–water partition coefficient (Wildman–Crippen LogP) is 3.73. The number of fused-ring (bicyclic) bond motifs is 1. The van der Waals surface area contributed by atoms with Crippen LogP contribution in [-0.2, 0) is 10.0 Å². The first-order chi connectivity index (χ1) is 12.8. The van der Waals surface area contributed by atoms with E-state index in [4.69, 9.17) is 4.74 Å². The van der Waals surface area contributed by atoms with E-state index >= 15 is 0 Å². The smallest absolute Gasteiger partial charge is 0.242 e. The van der Waals surface area contributed by atoms with Crippen molar-refractivity contribution in [3.05, 3.63) is 41.0 Å². The standard InChI is InChI=1S/C18H21N3O3S3/c1-12-13(2)26-18-16(12)17(19-11-20-18)25-10-9-24-14-5-7-15(8-6-14)27(22,23)21(3)4/h5-8,11H,9-10H2,1-4H3. The summed E-state index contributed by atoms with van der Waals surface area (Å²) in [6.07, 6.45) is 1.60. The van der Waals surface area contributed by atoms with Gasteiger partial charge in [0.25, 0.3) is 0 Å². The number of aromatic nitrogens is 2. The molecule has 0 aliphatic carbocycles. The average molecular weight is 424 g/mol. The monoisotopic (exact) mass is 423 g/mol. The molecule has 9 heteroatoms. The molecule has 3 aromatic rings. The number of benzene rings is 1. The molecule has 0 amide bonds. The predicted molar refractivity (Wildman–Crippen MR) is 110 cm³/mol. The molecule has 3 rings (SSSR count). The van der Waals surface area contributed by atoms with Crippen LogP contribution in [0.15, 0.2) is 40.5 Å². The van der Waals surface area contributed by atoms with E-state index in [-0.39, 0.29) is 4.90 Å². The van der Waals surface area contributed by atoms with Gasteiger partial charge in [0.2, 0.25) is 10.0 Å². The number of rotatable bonds is 7. The van der Waals surface area contributed by atoms with E-state index < -0.39 is 10.0 Å². The molecule has 2 aromatic heterocycles. The van der Waals surface area contributed by atoms with Crippen LogP contribution in [0.4, 0.5) is 0 Å². The Morgan fingerprint density at radius 1 is 1.15 bits per heavy atom. The average Bonchev–Trinajstić information content (AvgIpc) is 2.94. The van der Waals surface area contributed by atoms with Crippen molar-refractivity contribution < 1.29 is 13.2 Å². The van der Waals surface area contributed by atoms with Crippen LogP contribution in [0.3, 0.4) is 0 Å². The fourth-order valence-electron chi connectivity index (χ4n) is 2.48. The molecule has 2 heterocycles. The van der Waals surface area contributed by atoms with E-state index in [0.717, 1.165) is 21.0 Å². The van der Waals surface area contributed by atoms with Gasteiger partial charge in [-0.05, 0) is 43.7 Å². The van der Waals surface area contributed by atoms with Gasteiger partial charge in [0.05, 0.1) is 11.5 Å². The normalized spacial score (nSPS) is 12.0. The van der Waals surface area contributed by atoms with Gasteiger partial charge in [-0.25, -0.2) is 22.7 Å². The van der Waals surface area contributed by atoms with Crippen molar-refractivity contribution in [2.75, 3.05) is 26.5 Å². The Morgan fingerprint density at radius 3 is 2.52 bits per heavy atom. The Bertz CT molecular complexity index is 1040. The molecular weight excluding hydrogens is 402 g/mol. The zero-order valence-corrected chi connectivity index (χ0v) is 18.0. The number of thiophene rings is 1. The quantitative estimate of drug-likeness (QED) is 0.328. The van der Waals surface area contributed by atoms with Crippen LogP contribution >= 0.6 is 23.1 Å². The van der Waals surface area contributed by atoms with Gasteiger partial charge >= 0.3 is 0 Å². The largest absolute Gasteiger partial charge is 0.493 e. The molecule has 0 radical (unpaired) electrons. The second kappa shape index (κ2) is 8.14. The summed E-state index contributed by atoms with van der Waals surface area (Å²) in [5, 5.41) is 2.10. The number of sulfonamides is 1. The third-order valence-electron chi connectivity index (χ3n) is 4.12. The van der Waals surface area contributed by atoms with Gasteiger partial charge in [-0.1, -0.05) is 0 Å². The first-order valence-electron chi connectivity index (χ1n) is 8.29. The van der Waals surface area contributed by atoms with Crippen molar-refractivity contribution >= 4 is 43.3 Å². The van der Waals surface area contributed by atoms with Gasteiger partial charge in [-0.3, -0.25) is 0 Å². The van der Waals surface area contributed by atoms with Crippen molar-refractivity contribution in [2.24, 2.45) is 0 Å². The van der Waals surface area contributed by atoms with Gasteiger partial charge in [0.15, 0.2) is 0 Å². The molecule has 0 saturated carbocycles. The Kier molecular flexibility index (Phi) is 6.05. The minimum Gasteiger partial charge on any atom is -0.493 e. The lowest BCUT2D eigenvalue weighted by atomic mass is 10.2. The molecule has 0 spiro atoms. The molecule has 1 aromatic carbocycles. The lowest BCUT2D eigenvalue weighted by molar-refractivity contribution is 0.343. The van der Waals surface area contributed by atoms with Crippen molar-refractivity contribution in [3.63, 3.8) is 0 Å². The molecule has 144 valence electrons. The first kappa shape index (κ1) is 20.1. The number of thioether (sulfide) groups is 1. The SMILES string of the molecule is Cc1sc2ncnc(SCCOc3ccc(S(=O)(=O)N(C)C)cc3)c2c1C. The summed E-state index contributed by atoms with van der Waals surface area (Å²) in [6, 6.07) is 6.47. The topological polar surface area (TPSA) is 72.4 Å². The highest BCUT2D eigenvalue weighted by atomic mass is 32.2. The molecule has 0 aliphatic rings. The zero-order chi connectivity index (χ0) is 19.6. The third-order valence-corrected chi connectivity index (χ3v) is 8.02. The van der Waals surface area contributed by atoms with Gasteiger partial charge in [-0.15, -0.1) is 23.1 Å². The number of hydrogen-bond donors (Lipinski definition) is 0. The number of hydrogen-bond acceptors (Lipinski definition) is 7. The molecule has 0 unspecified atom stereocenters. The molecule has 0 fully saturated rings. The molecular formula is C18H21N3O3S3. The number of nitrogens with zero attached hydrogens (tertiary/aromatic N) is 3. The van der Waals surface area contributed by atoms with E-state index in [9.17, 15) is 8.42 Å². The summed E-state index contributed by atoms with van der Waals surface area (Å²) >= 11 is 3.32. The summed E-state index contributed by atoms with van der Waals surface area (Å²) in [7, 11) is -0.394. The zero-order valence-electron chi connectivity index (χ0n) is 15.6. The number of aryl methyl sites for hydroxylation is 2. The van der Waals surface area contributed by atoms with Crippen LogP contribution in [0.25, 0.3) is 10.2 Å². The summed E-state index contributed by atoms with van der Waals surface area (Å²) in [5.41, 5.74) is 1.23. The van der Waals surface area contributed by atoms with Gasteiger partial charge < -0.3 is 4.74 Å². The van der Waals surface area contributed by atoms with Crippen molar-refractivity contribution in [1.29, 1.82) is 0 Å². The Morgan fingerprint density at radius 2 is 1.85 bits per heavy atom. The van der Waals surface area contributed by atoms with E-state index in [1.807, 2.05) is 0 Å². The maximum Gasteiger partial charge on any atom is 0.242 e. The molecule has 0 bridgehead atoms. The Hall–Kier alpha value is -1.68. The third kappa shape index (κ3) is 4.26. The van der Waals surface area contributed by atoms with E-state index in [2.05, 4.69) is 23.8 Å².